The molecule has 0 saturated heterocycles. The van der Waals surface area contributed by atoms with Gasteiger partial charge in [0.2, 0.25) is 5.89 Å². The Morgan fingerprint density at radius 1 is 0.618 bits per heavy atom. The minimum atomic E-state index is 0.627. The summed E-state index contributed by atoms with van der Waals surface area (Å²) in [7, 11) is 0. The Labute approximate surface area is 195 Å². The van der Waals surface area contributed by atoms with Crippen LogP contribution in [0.3, 0.4) is 0 Å². The normalized spacial score (nSPS) is 11.5. The fourth-order valence-corrected chi connectivity index (χ4v) is 4.72. The number of benzene rings is 4. The van der Waals surface area contributed by atoms with Crippen molar-refractivity contribution in [2.24, 2.45) is 0 Å². The van der Waals surface area contributed by atoms with E-state index in [2.05, 4.69) is 76.3 Å². The van der Waals surface area contributed by atoms with Crippen LogP contribution < -0.4 is 0 Å². The number of pyridine rings is 1. The van der Waals surface area contributed by atoms with Crippen LogP contribution in [0.4, 0.5) is 0 Å². The molecule has 0 atom stereocenters. The molecule has 3 aromatic heterocycles. The topological polar surface area (TPSA) is 43.9 Å². The van der Waals surface area contributed by atoms with Gasteiger partial charge in [-0.15, -0.1) is 0 Å². The van der Waals surface area contributed by atoms with Crippen molar-refractivity contribution >= 4 is 32.9 Å². The van der Waals surface area contributed by atoms with Crippen LogP contribution in [0.2, 0.25) is 0 Å². The maximum Gasteiger partial charge on any atom is 0.227 e. The van der Waals surface area contributed by atoms with Crippen LogP contribution in [0.5, 0.6) is 0 Å². The molecule has 0 radical (unpaired) electrons. The first-order chi connectivity index (χ1) is 16.8. The second-order valence-corrected chi connectivity index (χ2v) is 8.34. The van der Waals surface area contributed by atoms with Crippen LogP contribution in [-0.4, -0.2) is 14.5 Å². The highest BCUT2D eigenvalue weighted by atomic mass is 16.3. The molecule has 4 heteroatoms. The highest BCUT2D eigenvalue weighted by molar-refractivity contribution is 6.10. The molecule has 0 amide bonds. The second-order valence-electron chi connectivity index (χ2n) is 8.34. The molecule has 0 fully saturated rings. The summed E-state index contributed by atoms with van der Waals surface area (Å²) in [5.41, 5.74) is 8.00. The van der Waals surface area contributed by atoms with Crippen LogP contribution >= 0.6 is 0 Å². The predicted molar refractivity (Wildman–Crippen MR) is 137 cm³/mol. The molecule has 0 saturated carbocycles. The number of hydrogen-bond acceptors (Lipinski definition) is 3. The Morgan fingerprint density at radius 2 is 1.47 bits per heavy atom. The highest BCUT2D eigenvalue weighted by Gasteiger charge is 2.15. The SMILES string of the molecule is c1ccc(-c2cccc(-n3c4ccccc4c4ccc(-c5nc6ccccc6o5)cc43)c2)nc1. The maximum absolute atomic E-state index is 6.07. The summed E-state index contributed by atoms with van der Waals surface area (Å²) in [4.78, 5) is 9.26. The first kappa shape index (κ1) is 18.8. The molecule has 4 nitrogen and oxygen atoms in total. The largest absolute Gasteiger partial charge is 0.436 e. The van der Waals surface area contributed by atoms with Crippen molar-refractivity contribution in [1.29, 1.82) is 0 Å². The van der Waals surface area contributed by atoms with E-state index in [0.717, 1.165) is 44.6 Å². The molecule has 0 aliphatic carbocycles. The first-order valence-corrected chi connectivity index (χ1v) is 11.3. The van der Waals surface area contributed by atoms with Gasteiger partial charge in [0, 0.05) is 33.8 Å². The standard InChI is InChI=1S/C30H19N3O/c1-3-13-27-23(10-1)24-16-15-21(30-32-26-12-2-4-14-29(26)34-30)19-28(24)33(27)22-9-7-8-20(18-22)25-11-5-6-17-31-25/h1-19H. The van der Waals surface area contributed by atoms with Gasteiger partial charge in [-0.25, -0.2) is 4.98 Å². The lowest BCUT2D eigenvalue weighted by molar-refractivity contribution is 0.620. The van der Waals surface area contributed by atoms with Crippen molar-refractivity contribution in [3.05, 3.63) is 115 Å². The smallest absolute Gasteiger partial charge is 0.227 e. The van der Waals surface area contributed by atoms with E-state index in [9.17, 15) is 0 Å². The maximum atomic E-state index is 6.07. The fraction of sp³-hybridized carbons (Fsp3) is 0. The van der Waals surface area contributed by atoms with Crippen molar-refractivity contribution < 1.29 is 4.42 Å². The molecule has 0 bridgehead atoms. The van der Waals surface area contributed by atoms with E-state index in [1.807, 2.05) is 48.7 Å². The fourth-order valence-electron chi connectivity index (χ4n) is 4.72. The Bertz CT molecular complexity index is 1780. The van der Waals surface area contributed by atoms with Crippen LogP contribution in [0.25, 0.3) is 61.3 Å². The molecule has 7 rings (SSSR count). The third-order valence-electron chi connectivity index (χ3n) is 6.28. The molecular weight excluding hydrogens is 418 g/mol. The molecule has 34 heavy (non-hydrogen) atoms. The lowest BCUT2D eigenvalue weighted by Crippen LogP contribution is -1.95. The molecule has 7 aromatic rings. The summed E-state index contributed by atoms with van der Waals surface area (Å²) in [6, 6.07) is 37.3. The number of oxazole rings is 1. The zero-order valence-electron chi connectivity index (χ0n) is 18.2. The number of aromatic nitrogens is 3. The molecule has 0 spiro atoms. The van der Waals surface area contributed by atoms with Crippen molar-refractivity contribution in [3.8, 4) is 28.4 Å². The Kier molecular flexibility index (Phi) is 4.11. The van der Waals surface area contributed by atoms with Gasteiger partial charge < -0.3 is 8.98 Å². The van der Waals surface area contributed by atoms with Gasteiger partial charge in [0.1, 0.15) is 5.52 Å². The number of fused-ring (bicyclic) bond motifs is 4. The zero-order chi connectivity index (χ0) is 22.5. The van der Waals surface area contributed by atoms with E-state index in [-0.39, 0.29) is 0 Å². The Hall–Kier alpha value is -4.70. The minimum Gasteiger partial charge on any atom is -0.436 e. The van der Waals surface area contributed by atoms with E-state index in [0.29, 0.717) is 5.89 Å². The van der Waals surface area contributed by atoms with Gasteiger partial charge in [-0.05, 0) is 54.6 Å². The quantitative estimate of drug-likeness (QED) is 0.285. The lowest BCUT2D eigenvalue weighted by Gasteiger charge is -2.10. The highest BCUT2D eigenvalue weighted by Crippen LogP contribution is 2.36. The van der Waals surface area contributed by atoms with Crippen molar-refractivity contribution in [1.82, 2.24) is 14.5 Å². The van der Waals surface area contributed by atoms with E-state index >= 15 is 0 Å². The summed E-state index contributed by atoms with van der Waals surface area (Å²) < 4.78 is 8.38. The Morgan fingerprint density at radius 3 is 2.38 bits per heavy atom. The van der Waals surface area contributed by atoms with E-state index in [1.54, 1.807) is 0 Å². The van der Waals surface area contributed by atoms with Gasteiger partial charge in [0.05, 0.1) is 16.7 Å². The molecule has 3 heterocycles. The summed E-state index contributed by atoms with van der Waals surface area (Å²) in [5, 5.41) is 2.41. The van der Waals surface area contributed by atoms with E-state index in [4.69, 9.17) is 9.40 Å². The van der Waals surface area contributed by atoms with Gasteiger partial charge in [-0.3, -0.25) is 4.98 Å². The summed E-state index contributed by atoms with van der Waals surface area (Å²) in [5.74, 6) is 0.627. The minimum absolute atomic E-state index is 0.627. The zero-order valence-corrected chi connectivity index (χ0v) is 18.2. The molecule has 0 aliphatic rings. The predicted octanol–water partition coefficient (Wildman–Crippen LogP) is 7.65. The van der Waals surface area contributed by atoms with Crippen molar-refractivity contribution in [2.45, 2.75) is 0 Å². The third kappa shape index (κ3) is 2.93. The first-order valence-electron chi connectivity index (χ1n) is 11.3. The lowest BCUT2D eigenvalue weighted by atomic mass is 10.1. The van der Waals surface area contributed by atoms with Gasteiger partial charge >= 0.3 is 0 Å². The average molecular weight is 438 g/mol. The van der Waals surface area contributed by atoms with Gasteiger partial charge in [-0.1, -0.05) is 54.6 Å². The van der Waals surface area contributed by atoms with Crippen molar-refractivity contribution in [2.75, 3.05) is 0 Å². The summed E-state index contributed by atoms with van der Waals surface area (Å²) in [6.45, 7) is 0. The monoisotopic (exact) mass is 437 g/mol. The van der Waals surface area contributed by atoms with Crippen LogP contribution in [0.15, 0.2) is 120 Å². The average Bonchev–Trinajstić information content (AvgIpc) is 3.48. The van der Waals surface area contributed by atoms with Gasteiger partial charge in [-0.2, -0.15) is 0 Å². The van der Waals surface area contributed by atoms with Gasteiger partial charge in [0.15, 0.2) is 5.58 Å². The molecule has 0 N–H and O–H groups in total. The number of hydrogen-bond donors (Lipinski definition) is 0. The van der Waals surface area contributed by atoms with E-state index in [1.165, 1.54) is 10.8 Å². The van der Waals surface area contributed by atoms with Crippen LogP contribution in [-0.2, 0) is 0 Å². The van der Waals surface area contributed by atoms with E-state index < -0.39 is 0 Å². The molecule has 0 unspecified atom stereocenters. The molecule has 160 valence electrons. The van der Waals surface area contributed by atoms with Crippen molar-refractivity contribution in [3.63, 3.8) is 0 Å². The summed E-state index contributed by atoms with van der Waals surface area (Å²) in [6.07, 6.45) is 1.83. The Balaban J connectivity index is 1.48. The molecular formula is C30H19N3O. The molecule has 0 aliphatic heterocycles. The van der Waals surface area contributed by atoms with Crippen LogP contribution in [0.1, 0.15) is 0 Å². The number of rotatable bonds is 3. The summed E-state index contributed by atoms with van der Waals surface area (Å²) >= 11 is 0. The van der Waals surface area contributed by atoms with Crippen LogP contribution in [0, 0.1) is 0 Å². The second kappa shape index (κ2) is 7.42. The molecule has 4 aromatic carbocycles. The van der Waals surface area contributed by atoms with Gasteiger partial charge in [0.25, 0.3) is 0 Å². The number of nitrogens with zero attached hydrogens (tertiary/aromatic N) is 3. The third-order valence-corrected chi connectivity index (χ3v) is 6.28. The number of para-hydroxylation sites is 3.